The van der Waals surface area contributed by atoms with Crippen LogP contribution in [0, 0.1) is 6.92 Å². The van der Waals surface area contributed by atoms with E-state index >= 15 is 0 Å². The highest BCUT2D eigenvalue weighted by Gasteiger charge is 2.16. The van der Waals surface area contributed by atoms with Gasteiger partial charge in [0.15, 0.2) is 5.52 Å². The van der Waals surface area contributed by atoms with Crippen molar-refractivity contribution in [2.45, 2.75) is 6.92 Å². The minimum absolute atomic E-state index is 0.277. The number of esters is 1. The summed E-state index contributed by atoms with van der Waals surface area (Å²) in [5.74, 6) is 0.127. The van der Waals surface area contributed by atoms with Gasteiger partial charge in [-0.05, 0) is 6.92 Å². The second kappa shape index (κ2) is 4.85. The van der Waals surface area contributed by atoms with Crippen LogP contribution in [0.5, 0.6) is 5.88 Å². The molecule has 0 bridgehead atoms. The van der Waals surface area contributed by atoms with Gasteiger partial charge in [0.25, 0.3) is 5.95 Å². The molecule has 0 spiro atoms. The topological polar surface area (TPSA) is 108 Å². The van der Waals surface area contributed by atoms with E-state index in [-0.39, 0.29) is 5.95 Å². The van der Waals surface area contributed by atoms with Crippen molar-refractivity contribution in [3.63, 3.8) is 0 Å². The summed E-state index contributed by atoms with van der Waals surface area (Å²) in [4.78, 5) is 20.1. The van der Waals surface area contributed by atoms with E-state index in [1.807, 2.05) is 6.92 Å². The van der Waals surface area contributed by atoms with E-state index in [9.17, 15) is 4.79 Å². The largest absolute Gasteiger partial charge is 0.479 e. The Morgan fingerprint density at radius 2 is 2.10 bits per heavy atom. The highest BCUT2D eigenvalue weighted by Crippen LogP contribution is 2.23. The van der Waals surface area contributed by atoms with Gasteiger partial charge < -0.3 is 9.47 Å². The first kappa shape index (κ1) is 13.0. The first-order chi connectivity index (χ1) is 10.1. The maximum atomic E-state index is 11.5. The molecule has 0 aliphatic carbocycles. The standard InChI is InChI=1S/C12H12N6O3/c1-6-8-9(17-16-6)10(20-2)15-12(14-8)18-5-7(4-13-18)11(19)21-3/h4-5H,1-3H3,(H,16,17). The van der Waals surface area contributed by atoms with Gasteiger partial charge in [-0.25, -0.2) is 14.5 Å². The van der Waals surface area contributed by atoms with Gasteiger partial charge >= 0.3 is 5.97 Å². The smallest absolute Gasteiger partial charge is 0.341 e. The number of aromatic nitrogens is 6. The molecule has 0 atom stereocenters. The van der Waals surface area contributed by atoms with Crippen molar-refractivity contribution < 1.29 is 14.3 Å². The third-order valence-corrected chi connectivity index (χ3v) is 2.93. The van der Waals surface area contributed by atoms with Crippen LogP contribution in [0.25, 0.3) is 17.0 Å². The van der Waals surface area contributed by atoms with Gasteiger partial charge in [0, 0.05) is 6.20 Å². The highest BCUT2D eigenvalue weighted by atomic mass is 16.5. The Labute approximate surface area is 118 Å². The molecular formula is C12H12N6O3. The van der Waals surface area contributed by atoms with Gasteiger partial charge in [0.2, 0.25) is 5.88 Å². The van der Waals surface area contributed by atoms with E-state index < -0.39 is 5.97 Å². The molecule has 9 nitrogen and oxygen atoms in total. The summed E-state index contributed by atoms with van der Waals surface area (Å²) >= 11 is 0. The first-order valence-corrected chi connectivity index (χ1v) is 6.04. The zero-order chi connectivity index (χ0) is 15.0. The van der Waals surface area contributed by atoms with Crippen LogP contribution in [-0.4, -0.2) is 50.1 Å². The average Bonchev–Trinajstić information content (AvgIpc) is 3.13. The fraction of sp³-hybridized carbons (Fsp3) is 0.250. The summed E-state index contributed by atoms with van der Waals surface area (Å²) in [7, 11) is 2.80. The van der Waals surface area contributed by atoms with Crippen LogP contribution in [-0.2, 0) is 4.74 Å². The molecule has 3 rings (SSSR count). The molecule has 0 fully saturated rings. The minimum Gasteiger partial charge on any atom is -0.479 e. The minimum atomic E-state index is -0.478. The molecule has 0 saturated carbocycles. The average molecular weight is 288 g/mol. The summed E-state index contributed by atoms with van der Waals surface area (Å²) in [6, 6.07) is 0. The number of hydrogen-bond acceptors (Lipinski definition) is 7. The van der Waals surface area contributed by atoms with Crippen molar-refractivity contribution in [1.82, 2.24) is 29.9 Å². The lowest BCUT2D eigenvalue weighted by Crippen LogP contribution is -2.04. The molecule has 108 valence electrons. The van der Waals surface area contributed by atoms with Crippen LogP contribution in [0.4, 0.5) is 0 Å². The second-order valence-electron chi connectivity index (χ2n) is 4.24. The van der Waals surface area contributed by atoms with Crippen LogP contribution in [0.2, 0.25) is 0 Å². The van der Waals surface area contributed by atoms with E-state index in [1.54, 1.807) is 0 Å². The number of fused-ring (bicyclic) bond motifs is 1. The van der Waals surface area contributed by atoms with Gasteiger partial charge in [-0.15, -0.1) is 0 Å². The molecule has 0 radical (unpaired) electrons. The van der Waals surface area contributed by atoms with Crippen molar-refractivity contribution in [3.8, 4) is 11.8 Å². The number of ether oxygens (including phenoxy) is 2. The lowest BCUT2D eigenvalue weighted by molar-refractivity contribution is 0.0600. The van der Waals surface area contributed by atoms with E-state index in [0.29, 0.717) is 22.5 Å². The molecule has 1 N–H and O–H groups in total. The number of H-pyrrole nitrogens is 1. The Morgan fingerprint density at radius 3 is 2.81 bits per heavy atom. The zero-order valence-electron chi connectivity index (χ0n) is 11.6. The Balaban J connectivity index is 2.13. The summed E-state index contributed by atoms with van der Waals surface area (Å²) < 4.78 is 11.2. The van der Waals surface area contributed by atoms with Crippen molar-refractivity contribution in [3.05, 3.63) is 23.7 Å². The molecule has 3 aromatic heterocycles. The number of carbonyl (C=O) groups excluding carboxylic acids is 1. The summed E-state index contributed by atoms with van der Waals surface area (Å²) in [6.07, 6.45) is 2.87. The van der Waals surface area contributed by atoms with Gasteiger partial charge in [0.05, 0.1) is 31.7 Å². The molecule has 0 saturated heterocycles. The van der Waals surface area contributed by atoms with E-state index in [4.69, 9.17) is 4.74 Å². The predicted octanol–water partition coefficient (Wildman–Crippen LogP) is 0.642. The molecule has 21 heavy (non-hydrogen) atoms. The number of hydrogen-bond donors (Lipinski definition) is 1. The monoisotopic (exact) mass is 288 g/mol. The molecule has 3 aromatic rings. The van der Waals surface area contributed by atoms with Crippen LogP contribution >= 0.6 is 0 Å². The van der Waals surface area contributed by atoms with E-state index in [2.05, 4.69) is 30.0 Å². The maximum Gasteiger partial charge on any atom is 0.341 e. The Morgan fingerprint density at radius 1 is 1.29 bits per heavy atom. The van der Waals surface area contributed by atoms with Crippen molar-refractivity contribution in [1.29, 1.82) is 0 Å². The van der Waals surface area contributed by atoms with Gasteiger partial charge in [-0.2, -0.15) is 15.2 Å². The number of carbonyl (C=O) groups is 1. The van der Waals surface area contributed by atoms with Crippen molar-refractivity contribution in [2.75, 3.05) is 14.2 Å². The Hall–Kier alpha value is -2.97. The molecule has 0 aliphatic heterocycles. The number of nitrogens with zero attached hydrogens (tertiary/aromatic N) is 5. The fourth-order valence-corrected chi connectivity index (χ4v) is 1.88. The number of methoxy groups -OCH3 is 2. The molecule has 9 heteroatoms. The normalized spacial score (nSPS) is 10.8. The summed E-state index contributed by atoms with van der Waals surface area (Å²) in [5, 5.41) is 11.0. The highest BCUT2D eigenvalue weighted by molar-refractivity contribution is 5.88. The number of rotatable bonds is 3. The number of nitrogens with one attached hydrogen (secondary N) is 1. The summed E-state index contributed by atoms with van der Waals surface area (Å²) in [5.41, 5.74) is 2.27. The van der Waals surface area contributed by atoms with Crippen molar-refractivity contribution >= 4 is 17.0 Å². The van der Waals surface area contributed by atoms with Gasteiger partial charge in [0.1, 0.15) is 5.52 Å². The van der Waals surface area contributed by atoms with Crippen LogP contribution in [0.15, 0.2) is 12.4 Å². The van der Waals surface area contributed by atoms with E-state index in [1.165, 1.54) is 31.3 Å². The maximum absolute atomic E-state index is 11.5. The molecule has 0 aliphatic rings. The lowest BCUT2D eigenvalue weighted by Gasteiger charge is -2.03. The third-order valence-electron chi connectivity index (χ3n) is 2.93. The number of aryl methyl sites for hydroxylation is 1. The SMILES string of the molecule is COC(=O)c1cnn(-c2nc(OC)c3n[nH]c(C)c3n2)c1. The van der Waals surface area contributed by atoms with Gasteiger partial charge in [-0.3, -0.25) is 5.10 Å². The fourth-order valence-electron chi connectivity index (χ4n) is 1.88. The summed E-state index contributed by atoms with van der Waals surface area (Å²) in [6.45, 7) is 1.84. The quantitative estimate of drug-likeness (QED) is 0.704. The third kappa shape index (κ3) is 2.08. The molecule has 3 heterocycles. The van der Waals surface area contributed by atoms with Crippen molar-refractivity contribution in [2.24, 2.45) is 0 Å². The zero-order valence-corrected chi connectivity index (χ0v) is 11.6. The molecule has 0 aromatic carbocycles. The Bertz CT molecular complexity index is 822. The van der Waals surface area contributed by atoms with Crippen LogP contribution < -0.4 is 4.74 Å². The van der Waals surface area contributed by atoms with Crippen LogP contribution in [0.3, 0.4) is 0 Å². The van der Waals surface area contributed by atoms with E-state index in [0.717, 1.165) is 5.69 Å². The number of aromatic amines is 1. The van der Waals surface area contributed by atoms with Crippen LogP contribution in [0.1, 0.15) is 16.1 Å². The predicted molar refractivity (Wildman–Crippen MR) is 71.4 cm³/mol. The molecular weight excluding hydrogens is 276 g/mol. The first-order valence-electron chi connectivity index (χ1n) is 6.04. The Kier molecular flexibility index (Phi) is 3.01. The molecule has 0 amide bonds. The molecule has 0 unspecified atom stereocenters. The lowest BCUT2D eigenvalue weighted by atomic mass is 10.3. The second-order valence-corrected chi connectivity index (χ2v) is 4.24. The van der Waals surface area contributed by atoms with Gasteiger partial charge in [-0.1, -0.05) is 0 Å².